The summed E-state index contributed by atoms with van der Waals surface area (Å²) in [6, 6.07) is 5.03. The third-order valence-electron chi connectivity index (χ3n) is 4.35. The van der Waals surface area contributed by atoms with Crippen LogP contribution in [-0.4, -0.2) is 49.4 Å². The van der Waals surface area contributed by atoms with Crippen LogP contribution in [0.1, 0.15) is 24.8 Å². The molecular formula is C18H21FN2O3S. The first kappa shape index (κ1) is 17.9. The minimum Gasteiger partial charge on any atom is -0.385 e. The van der Waals surface area contributed by atoms with Crippen molar-refractivity contribution < 1.29 is 18.7 Å². The average molecular weight is 364 g/mol. The van der Waals surface area contributed by atoms with E-state index >= 15 is 0 Å². The van der Waals surface area contributed by atoms with Crippen molar-refractivity contribution in [1.82, 2.24) is 4.90 Å². The first-order valence-corrected chi connectivity index (χ1v) is 9.20. The Morgan fingerprint density at radius 2 is 2.04 bits per heavy atom. The number of amides is 2. The molecule has 0 saturated carbocycles. The van der Waals surface area contributed by atoms with Gasteiger partial charge in [-0.15, -0.1) is 0 Å². The van der Waals surface area contributed by atoms with Crippen molar-refractivity contribution in [1.29, 1.82) is 0 Å². The number of hydrogen-bond acceptors (Lipinski definition) is 5. The molecule has 25 heavy (non-hydrogen) atoms. The first-order valence-electron chi connectivity index (χ1n) is 8.39. The zero-order valence-electron chi connectivity index (χ0n) is 14.2. The zero-order chi connectivity index (χ0) is 17.8. The lowest BCUT2D eigenvalue weighted by molar-refractivity contribution is -0.122. The highest BCUT2D eigenvalue weighted by atomic mass is 32.2. The number of anilines is 1. The van der Waals surface area contributed by atoms with Gasteiger partial charge in [-0.25, -0.2) is 4.39 Å². The van der Waals surface area contributed by atoms with Crippen LogP contribution in [0.3, 0.4) is 0 Å². The predicted octanol–water partition coefficient (Wildman–Crippen LogP) is 3.50. The van der Waals surface area contributed by atoms with Gasteiger partial charge in [0, 0.05) is 44.6 Å². The standard InChI is InChI=1S/C18H21FN2O3S/c1-24-10-4-9-21-17(22)16(25-18(21)23)11-13-5-6-14(12-15(13)19)20-7-2-3-8-20/h5-6,11-12H,2-4,7-10H2,1H3/b16-11+. The molecule has 0 aromatic heterocycles. The maximum atomic E-state index is 14.4. The molecule has 2 fully saturated rings. The molecule has 134 valence electrons. The Labute approximate surface area is 150 Å². The molecule has 2 aliphatic heterocycles. The lowest BCUT2D eigenvalue weighted by Gasteiger charge is -2.17. The van der Waals surface area contributed by atoms with E-state index in [4.69, 9.17) is 4.74 Å². The van der Waals surface area contributed by atoms with Gasteiger partial charge in [0.25, 0.3) is 11.1 Å². The lowest BCUT2D eigenvalue weighted by Crippen LogP contribution is -2.29. The molecule has 1 aromatic carbocycles. The molecule has 2 aliphatic rings. The highest BCUT2D eigenvalue weighted by Gasteiger charge is 2.34. The van der Waals surface area contributed by atoms with Crippen LogP contribution >= 0.6 is 11.8 Å². The van der Waals surface area contributed by atoms with Crippen molar-refractivity contribution in [3.63, 3.8) is 0 Å². The number of thioether (sulfide) groups is 1. The SMILES string of the molecule is COCCCN1C(=O)S/C(=C/c2ccc(N3CCCC3)cc2F)C1=O. The van der Waals surface area contributed by atoms with Crippen LogP contribution in [0.2, 0.25) is 0 Å². The van der Waals surface area contributed by atoms with Crippen LogP contribution in [-0.2, 0) is 9.53 Å². The fourth-order valence-corrected chi connectivity index (χ4v) is 3.86. The van der Waals surface area contributed by atoms with Gasteiger partial charge in [0.2, 0.25) is 0 Å². The molecule has 3 rings (SSSR count). The Bertz CT molecular complexity index is 702. The highest BCUT2D eigenvalue weighted by Crippen LogP contribution is 2.33. The van der Waals surface area contributed by atoms with E-state index in [1.165, 1.54) is 17.0 Å². The van der Waals surface area contributed by atoms with E-state index in [0.29, 0.717) is 25.1 Å². The number of halogens is 1. The van der Waals surface area contributed by atoms with Gasteiger partial charge in [0.1, 0.15) is 5.82 Å². The summed E-state index contributed by atoms with van der Waals surface area (Å²) in [6.07, 6.45) is 4.30. The van der Waals surface area contributed by atoms with Crippen molar-refractivity contribution in [2.75, 3.05) is 38.3 Å². The largest absolute Gasteiger partial charge is 0.385 e. The summed E-state index contributed by atoms with van der Waals surface area (Å²) in [5.74, 6) is -0.746. The topological polar surface area (TPSA) is 49.9 Å². The molecule has 2 amide bonds. The molecule has 5 nitrogen and oxygen atoms in total. The summed E-state index contributed by atoms with van der Waals surface area (Å²) in [5.41, 5.74) is 1.19. The van der Waals surface area contributed by atoms with Crippen LogP contribution in [0, 0.1) is 5.82 Å². The Morgan fingerprint density at radius 1 is 1.28 bits per heavy atom. The Morgan fingerprint density at radius 3 is 2.72 bits per heavy atom. The Balaban J connectivity index is 1.74. The van der Waals surface area contributed by atoms with Crippen molar-refractivity contribution in [2.24, 2.45) is 0 Å². The van der Waals surface area contributed by atoms with Gasteiger partial charge in [-0.3, -0.25) is 14.5 Å². The first-order chi connectivity index (χ1) is 12.1. The summed E-state index contributed by atoms with van der Waals surface area (Å²) in [5, 5.41) is -0.318. The number of hydrogen-bond donors (Lipinski definition) is 0. The van der Waals surface area contributed by atoms with Crippen LogP contribution in [0.15, 0.2) is 23.1 Å². The summed E-state index contributed by atoms with van der Waals surface area (Å²) < 4.78 is 19.4. The third kappa shape index (κ3) is 4.04. The number of carbonyl (C=O) groups excluding carboxylic acids is 2. The van der Waals surface area contributed by atoms with E-state index in [9.17, 15) is 14.0 Å². The van der Waals surface area contributed by atoms with E-state index in [0.717, 1.165) is 43.4 Å². The van der Waals surface area contributed by atoms with Crippen LogP contribution < -0.4 is 4.90 Å². The summed E-state index contributed by atoms with van der Waals surface area (Å²) in [4.78, 5) is 27.9. The quantitative estimate of drug-likeness (QED) is 0.571. The Kier molecular flexibility index (Phi) is 5.75. The molecule has 2 heterocycles. The minimum atomic E-state index is -0.379. The lowest BCUT2D eigenvalue weighted by atomic mass is 10.1. The van der Waals surface area contributed by atoms with Gasteiger partial charge in [0.05, 0.1) is 4.91 Å². The van der Waals surface area contributed by atoms with Gasteiger partial charge in [-0.2, -0.15) is 0 Å². The predicted molar refractivity (Wildman–Crippen MR) is 97.0 cm³/mol. The second-order valence-electron chi connectivity index (χ2n) is 6.08. The highest BCUT2D eigenvalue weighted by molar-refractivity contribution is 8.18. The molecule has 1 aromatic rings. The van der Waals surface area contributed by atoms with Crippen LogP contribution in [0.5, 0.6) is 0 Å². The molecule has 7 heteroatoms. The molecule has 0 bridgehead atoms. The molecule has 0 aliphatic carbocycles. The Hall–Kier alpha value is -1.86. The molecule has 0 radical (unpaired) electrons. The van der Waals surface area contributed by atoms with Crippen molar-refractivity contribution >= 4 is 34.7 Å². The average Bonchev–Trinajstić information content (AvgIpc) is 3.21. The van der Waals surface area contributed by atoms with Gasteiger partial charge in [-0.05, 0) is 55.3 Å². The van der Waals surface area contributed by atoms with Gasteiger partial charge in [-0.1, -0.05) is 0 Å². The van der Waals surface area contributed by atoms with Crippen molar-refractivity contribution in [2.45, 2.75) is 19.3 Å². The summed E-state index contributed by atoms with van der Waals surface area (Å²) in [6.45, 7) is 2.68. The molecule has 0 unspecified atom stereocenters. The van der Waals surface area contributed by atoms with Gasteiger partial charge in [0.15, 0.2) is 0 Å². The van der Waals surface area contributed by atoms with Crippen LogP contribution in [0.4, 0.5) is 14.9 Å². The smallest absolute Gasteiger partial charge is 0.293 e. The molecule has 0 N–H and O–H groups in total. The molecule has 0 spiro atoms. The number of nitrogens with zero attached hydrogens (tertiary/aromatic N) is 2. The number of imide groups is 1. The second kappa shape index (κ2) is 8.01. The zero-order valence-corrected chi connectivity index (χ0v) is 15.0. The summed E-state index contributed by atoms with van der Waals surface area (Å²) >= 11 is 0.854. The minimum absolute atomic E-state index is 0.259. The van der Waals surface area contributed by atoms with Crippen molar-refractivity contribution in [3.05, 3.63) is 34.5 Å². The fourth-order valence-electron chi connectivity index (χ4n) is 3.01. The van der Waals surface area contributed by atoms with Crippen molar-refractivity contribution in [3.8, 4) is 0 Å². The number of methoxy groups -OCH3 is 1. The molecule has 0 atom stereocenters. The number of ether oxygens (including phenoxy) is 1. The number of rotatable bonds is 6. The normalized spacial score (nSPS) is 19.5. The van der Waals surface area contributed by atoms with E-state index in [1.54, 1.807) is 13.2 Å². The maximum absolute atomic E-state index is 14.4. The second-order valence-corrected chi connectivity index (χ2v) is 7.07. The summed E-state index contributed by atoms with van der Waals surface area (Å²) in [7, 11) is 1.57. The van der Waals surface area contributed by atoms with E-state index in [1.807, 2.05) is 6.07 Å². The van der Waals surface area contributed by atoms with Crippen LogP contribution in [0.25, 0.3) is 6.08 Å². The van der Waals surface area contributed by atoms with Gasteiger partial charge >= 0.3 is 0 Å². The van der Waals surface area contributed by atoms with E-state index in [2.05, 4.69) is 4.90 Å². The molecule has 2 saturated heterocycles. The number of benzene rings is 1. The van der Waals surface area contributed by atoms with Gasteiger partial charge < -0.3 is 9.64 Å². The third-order valence-corrected chi connectivity index (χ3v) is 5.25. The molecular weight excluding hydrogens is 343 g/mol. The van der Waals surface area contributed by atoms with E-state index < -0.39 is 0 Å². The monoisotopic (exact) mass is 364 g/mol. The maximum Gasteiger partial charge on any atom is 0.293 e. The van der Waals surface area contributed by atoms with E-state index in [-0.39, 0.29) is 21.9 Å². The fraction of sp³-hybridized carbons (Fsp3) is 0.444. The number of carbonyl (C=O) groups is 2.